The molecule has 1 aliphatic heterocycles. The molecule has 168 valence electrons. The Morgan fingerprint density at radius 1 is 1.00 bits per heavy atom. The Morgan fingerprint density at radius 3 is 2.58 bits per heavy atom. The van der Waals surface area contributed by atoms with E-state index in [1.807, 2.05) is 6.92 Å². The van der Waals surface area contributed by atoms with Crippen molar-refractivity contribution < 1.29 is 23.5 Å². The first-order valence-corrected chi connectivity index (χ1v) is 10.6. The summed E-state index contributed by atoms with van der Waals surface area (Å²) in [5, 5.41) is 3.00. The predicted octanol–water partition coefficient (Wildman–Crippen LogP) is 5.55. The van der Waals surface area contributed by atoms with E-state index in [0.29, 0.717) is 39.9 Å². The van der Waals surface area contributed by atoms with Crippen LogP contribution in [-0.4, -0.2) is 18.5 Å². The van der Waals surface area contributed by atoms with Crippen LogP contribution in [0.2, 0.25) is 5.02 Å². The number of ether oxygens (including phenoxy) is 2. The number of nitrogens with zero attached hydrogens (tertiary/aromatic N) is 1. The molecule has 8 heteroatoms. The number of hydrogen-bond acceptors (Lipinski definition) is 4. The number of carbonyl (C=O) groups excluding carboxylic acids is 2. The van der Waals surface area contributed by atoms with Gasteiger partial charge in [-0.2, -0.15) is 0 Å². The first-order chi connectivity index (χ1) is 16.0. The Labute approximate surface area is 195 Å². The van der Waals surface area contributed by atoms with E-state index in [2.05, 4.69) is 5.32 Å². The van der Waals surface area contributed by atoms with Crippen molar-refractivity contribution in [3.63, 3.8) is 0 Å². The fraction of sp³-hybridized carbons (Fsp3) is 0.120. The summed E-state index contributed by atoms with van der Waals surface area (Å²) in [7, 11) is 0. The number of amides is 3. The molecule has 33 heavy (non-hydrogen) atoms. The standard InChI is InChI=1S/C25H20ClFN2O4/c1-2-32-23-13-16(10-11-22(23)33-15-17-6-3-4-9-20(17)27)12-21-24(30)29(25(31)28-21)19-8-5-7-18(26)14-19/h3-14H,2,15H2,1H3,(H,28,31)/b21-12+. The Balaban J connectivity index is 1.56. The van der Waals surface area contributed by atoms with Gasteiger partial charge in [0.1, 0.15) is 18.1 Å². The number of anilines is 1. The zero-order valence-corrected chi connectivity index (χ0v) is 18.4. The average Bonchev–Trinajstić information content (AvgIpc) is 3.07. The summed E-state index contributed by atoms with van der Waals surface area (Å²) in [5.74, 6) is 0.0212. The zero-order valence-electron chi connectivity index (χ0n) is 17.7. The number of hydrogen-bond donors (Lipinski definition) is 1. The van der Waals surface area contributed by atoms with Crippen LogP contribution in [0.25, 0.3) is 6.08 Å². The minimum Gasteiger partial charge on any atom is -0.490 e. The Hall–Kier alpha value is -3.84. The summed E-state index contributed by atoms with van der Waals surface area (Å²) >= 11 is 5.99. The van der Waals surface area contributed by atoms with Crippen LogP contribution in [0.5, 0.6) is 11.5 Å². The van der Waals surface area contributed by atoms with Gasteiger partial charge < -0.3 is 14.8 Å². The molecule has 1 aliphatic rings. The summed E-state index contributed by atoms with van der Waals surface area (Å²) in [4.78, 5) is 26.3. The molecule has 3 aromatic rings. The van der Waals surface area contributed by atoms with Gasteiger partial charge in [0.2, 0.25) is 0 Å². The number of carbonyl (C=O) groups is 2. The third-order valence-corrected chi connectivity index (χ3v) is 5.10. The maximum Gasteiger partial charge on any atom is 0.333 e. The molecule has 1 N–H and O–H groups in total. The van der Waals surface area contributed by atoms with Crippen molar-refractivity contribution in [2.24, 2.45) is 0 Å². The minimum atomic E-state index is -0.566. The zero-order chi connectivity index (χ0) is 23.4. The van der Waals surface area contributed by atoms with E-state index < -0.39 is 11.9 Å². The third-order valence-electron chi connectivity index (χ3n) is 4.86. The van der Waals surface area contributed by atoms with Gasteiger partial charge in [0.05, 0.1) is 12.3 Å². The molecule has 0 radical (unpaired) electrons. The lowest BCUT2D eigenvalue weighted by molar-refractivity contribution is -0.113. The Bertz CT molecular complexity index is 1240. The lowest BCUT2D eigenvalue weighted by Gasteiger charge is -2.13. The number of rotatable bonds is 7. The van der Waals surface area contributed by atoms with E-state index in [9.17, 15) is 14.0 Å². The highest BCUT2D eigenvalue weighted by Crippen LogP contribution is 2.31. The Morgan fingerprint density at radius 2 is 1.82 bits per heavy atom. The molecule has 1 heterocycles. The van der Waals surface area contributed by atoms with Gasteiger partial charge in [-0.3, -0.25) is 4.79 Å². The monoisotopic (exact) mass is 466 g/mol. The van der Waals surface area contributed by atoms with Crippen molar-refractivity contribution in [1.29, 1.82) is 0 Å². The van der Waals surface area contributed by atoms with E-state index in [1.165, 1.54) is 12.1 Å². The molecule has 0 aliphatic carbocycles. The topological polar surface area (TPSA) is 67.9 Å². The fourth-order valence-electron chi connectivity index (χ4n) is 3.32. The molecule has 0 saturated carbocycles. The maximum atomic E-state index is 13.9. The molecular weight excluding hydrogens is 447 g/mol. The van der Waals surface area contributed by atoms with Gasteiger partial charge in [0, 0.05) is 10.6 Å². The molecular formula is C25H20ClFN2O4. The van der Waals surface area contributed by atoms with Crippen molar-refractivity contribution in [2.45, 2.75) is 13.5 Å². The Kier molecular flexibility index (Phi) is 6.60. The van der Waals surface area contributed by atoms with Gasteiger partial charge in [0.15, 0.2) is 11.5 Å². The van der Waals surface area contributed by atoms with Crippen LogP contribution >= 0.6 is 11.6 Å². The number of benzene rings is 3. The van der Waals surface area contributed by atoms with Crippen molar-refractivity contribution >= 4 is 35.3 Å². The van der Waals surface area contributed by atoms with Crippen LogP contribution in [0.3, 0.4) is 0 Å². The van der Waals surface area contributed by atoms with Crippen LogP contribution in [-0.2, 0) is 11.4 Å². The molecule has 0 aromatic heterocycles. The van der Waals surface area contributed by atoms with Gasteiger partial charge in [-0.05, 0) is 55.0 Å². The fourth-order valence-corrected chi connectivity index (χ4v) is 3.51. The van der Waals surface area contributed by atoms with E-state index in [1.54, 1.807) is 60.7 Å². The van der Waals surface area contributed by atoms with Crippen LogP contribution in [0, 0.1) is 5.82 Å². The van der Waals surface area contributed by atoms with Gasteiger partial charge in [0.25, 0.3) is 5.91 Å². The molecule has 0 atom stereocenters. The summed E-state index contributed by atoms with van der Waals surface area (Å²) in [6, 6.07) is 17.4. The van der Waals surface area contributed by atoms with E-state index >= 15 is 0 Å². The number of nitrogens with one attached hydrogen (secondary N) is 1. The first-order valence-electron chi connectivity index (χ1n) is 10.2. The average molecular weight is 467 g/mol. The molecule has 4 rings (SSSR count). The van der Waals surface area contributed by atoms with Crippen LogP contribution < -0.4 is 19.7 Å². The first kappa shape index (κ1) is 22.4. The predicted molar refractivity (Wildman–Crippen MR) is 124 cm³/mol. The highest BCUT2D eigenvalue weighted by molar-refractivity contribution is 6.32. The van der Waals surface area contributed by atoms with Crippen molar-refractivity contribution in [3.05, 3.63) is 94.4 Å². The second kappa shape index (κ2) is 9.75. The molecule has 0 bridgehead atoms. The van der Waals surface area contributed by atoms with E-state index in [-0.39, 0.29) is 18.1 Å². The van der Waals surface area contributed by atoms with Crippen LogP contribution in [0.15, 0.2) is 72.4 Å². The molecule has 0 unspecified atom stereocenters. The second-order valence-corrected chi connectivity index (χ2v) is 7.56. The van der Waals surface area contributed by atoms with Crippen molar-refractivity contribution in [1.82, 2.24) is 5.32 Å². The highest BCUT2D eigenvalue weighted by Gasteiger charge is 2.35. The van der Waals surface area contributed by atoms with Gasteiger partial charge in [-0.25, -0.2) is 14.1 Å². The normalized spacial score (nSPS) is 14.5. The molecule has 3 amide bonds. The molecule has 3 aromatic carbocycles. The number of urea groups is 1. The van der Waals surface area contributed by atoms with Crippen molar-refractivity contribution in [2.75, 3.05) is 11.5 Å². The highest BCUT2D eigenvalue weighted by atomic mass is 35.5. The van der Waals surface area contributed by atoms with Crippen LogP contribution in [0.1, 0.15) is 18.1 Å². The summed E-state index contributed by atoms with van der Waals surface area (Å²) in [6.07, 6.45) is 1.55. The lowest BCUT2D eigenvalue weighted by atomic mass is 10.1. The van der Waals surface area contributed by atoms with E-state index in [4.69, 9.17) is 21.1 Å². The molecule has 0 spiro atoms. The third kappa shape index (κ3) is 4.99. The van der Waals surface area contributed by atoms with E-state index in [0.717, 1.165) is 4.90 Å². The lowest BCUT2D eigenvalue weighted by Crippen LogP contribution is -2.30. The quantitative estimate of drug-likeness (QED) is 0.366. The number of halogens is 2. The smallest absolute Gasteiger partial charge is 0.333 e. The van der Waals surface area contributed by atoms with Gasteiger partial charge >= 0.3 is 6.03 Å². The second-order valence-electron chi connectivity index (χ2n) is 7.13. The molecule has 1 saturated heterocycles. The molecule has 1 fully saturated rings. The SMILES string of the molecule is CCOc1cc(/C=C2/NC(=O)N(c3cccc(Cl)c3)C2=O)ccc1OCc1ccccc1F. The van der Waals surface area contributed by atoms with Crippen LogP contribution in [0.4, 0.5) is 14.9 Å². The summed E-state index contributed by atoms with van der Waals surface area (Å²) in [6.45, 7) is 2.25. The summed E-state index contributed by atoms with van der Waals surface area (Å²) in [5.41, 5.74) is 1.53. The maximum absolute atomic E-state index is 13.9. The van der Waals surface area contributed by atoms with Gasteiger partial charge in [-0.15, -0.1) is 0 Å². The molecule has 6 nitrogen and oxygen atoms in total. The number of imide groups is 1. The largest absolute Gasteiger partial charge is 0.490 e. The minimum absolute atomic E-state index is 0.0380. The van der Waals surface area contributed by atoms with Crippen molar-refractivity contribution in [3.8, 4) is 11.5 Å². The summed E-state index contributed by atoms with van der Waals surface area (Å²) < 4.78 is 25.3. The van der Waals surface area contributed by atoms with Gasteiger partial charge in [-0.1, -0.05) is 41.9 Å².